The third-order valence-electron chi connectivity index (χ3n) is 6.06. The van der Waals surface area contributed by atoms with Gasteiger partial charge in [0.1, 0.15) is 5.75 Å². The molecule has 0 bridgehead atoms. The van der Waals surface area contributed by atoms with Gasteiger partial charge in [0.25, 0.3) is 0 Å². The summed E-state index contributed by atoms with van der Waals surface area (Å²) in [7, 11) is -5.70. The molecule has 5 rings (SSSR count). The van der Waals surface area contributed by atoms with E-state index in [9.17, 15) is 21.6 Å². The fourth-order valence-corrected chi connectivity index (χ4v) is 4.96. The van der Waals surface area contributed by atoms with Crippen LogP contribution in [0.4, 0.5) is 13.2 Å². The van der Waals surface area contributed by atoms with E-state index < -0.39 is 15.6 Å². The molecule has 2 aromatic carbocycles. The van der Waals surface area contributed by atoms with Crippen LogP contribution < -0.4 is 4.18 Å². The molecule has 1 heterocycles. The van der Waals surface area contributed by atoms with Gasteiger partial charge in [-0.05, 0) is 59.4 Å². The summed E-state index contributed by atoms with van der Waals surface area (Å²) >= 11 is 0. The molecule has 9 heteroatoms. The summed E-state index contributed by atoms with van der Waals surface area (Å²) < 4.78 is 66.1. The summed E-state index contributed by atoms with van der Waals surface area (Å²) in [5.74, 6) is 0.329. The van der Waals surface area contributed by atoms with Gasteiger partial charge < -0.3 is 9.17 Å². The zero-order valence-electron chi connectivity index (χ0n) is 17.6. The van der Waals surface area contributed by atoms with Crippen molar-refractivity contribution < 1.29 is 25.8 Å². The average Bonchev–Trinajstić information content (AvgIpc) is 3.36. The summed E-state index contributed by atoms with van der Waals surface area (Å²) in [6.07, 6.45) is 5.76. The maximum atomic E-state index is 12.8. The number of aromatic amines is 1. The molecule has 3 aromatic rings. The fourth-order valence-electron chi connectivity index (χ4n) is 4.47. The maximum absolute atomic E-state index is 12.8. The molecular formula is C23H23F3N2O3S. The van der Waals surface area contributed by atoms with Gasteiger partial charge in [-0.1, -0.05) is 44.2 Å². The predicted molar refractivity (Wildman–Crippen MR) is 116 cm³/mol. The van der Waals surface area contributed by atoms with E-state index in [1.54, 1.807) is 18.6 Å². The summed E-state index contributed by atoms with van der Waals surface area (Å²) in [5, 5.41) is 0. The third kappa shape index (κ3) is 3.79. The molecule has 0 radical (unpaired) electrons. The molecule has 2 unspecified atom stereocenters. The van der Waals surface area contributed by atoms with Crippen molar-refractivity contribution in [3.8, 4) is 28.1 Å². The first kappa shape index (κ1) is 22.4. The molecular weight excluding hydrogens is 441 g/mol. The van der Waals surface area contributed by atoms with Crippen molar-refractivity contribution >= 4 is 10.1 Å². The van der Waals surface area contributed by atoms with Gasteiger partial charge in [-0.3, -0.25) is 0 Å². The van der Waals surface area contributed by atoms with Crippen molar-refractivity contribution in [1.29, 1.82) is 0 Å². The topological polar surface area (TPSA) is 72.1 Å². The van der Waals surface area contributed by atoms with Crippen LogP contribution in [0.3, 0.4) is 0 Å². The lowest BCUT2D eigenvalue weighted by Crippen LogP contribution is -2.28. The van der Waals surface area contributed by atoms with E-state index in [4.69, 9.17) is 0 Å². The molecule has 0 saturated heterocycles. The van der Waals surface area contributed by atoms with Crippen LogP contribution in [0.15, 0.2) is 48.9 Å². The van der Waals surface area contributed by atoms with Crippen molar-refractivity contribution in [2.75, 3.05) is 0 Å². The first-order valence-corrected chi connectivity index (χ1v) is 11.9. The second-order valence-electron chi connectivity index (χ2n) is 7.68. The molecule has 1 N–H and O–H groups in total. The number of imidazole rings is 1. The van der Waals surface area contributed by atoms with Gasteiger partial charge in [0.15, 0.2) is 0 Å². The number of hydrogen-bond donors (Lipinski definition) is 1. The number of rotatable bonds is 4. The van der Waals surface area contributed by atoms with Gasteiger partial charge >= 0.3 is 15.6 Å². The van der Waals surface area contributed by atoms with Gasteiger partial charge in [0, 0.05) is 5.56 Å². The number of hydrogen-bond acceptors (Lipinski definition) is 4. The van der Waals surface area contributed by atoms with E-state index in [0.717, 1.165) is 40.8 Å². The van der Waals surface area contributed by atoms with Crippen LogP contribution in [-0.2, 0) is 16.5 Å². The minimum absolute atomic E-state index is 0.213. The van der Waals surface area contributed by atoms with E-state index in [0.29, 0.717) is 17.9 Å². The van der Waals surface area contributed by atoms with E-state index in [1.165, 1.54) is 6.07 Å². The van der Waals surface area contributed by atoms with Crippen molar-refractivity contribution in [3.63, 3.8) is 0 Å². The number of halogens is 3. The summed E-state index contributed by atoms with van der Waals surface area (Å²) in [6.45, 7) is 4.00. The summed E-state index contributed by atoms with van der Waals surface area (Å²) in [5.41, 5.74) is -0.297. The van der Waals surface area contributed by atoms with Crippen LogP contribution in [0.25, 0.3) is 22.4 Å². The van der Waals surface area contributed by atoms with Crippen LogP contribution in [0.1, 0.15) is 43.7 Å². The standard InChI is InChI=1S/C21H17F3N2O3S.C2H6/c22-21(23,24)30(27,28)29-19-8-7-15(20-16-6-5-14(16)9-17(19)20)12-1-3-13(4-2-12)18-10-25-11-26-18;1-2/h1-4,7-8,10-11,14,16H,5-6,9H2,(H,25,26);1-2H3. The van der Waals surface area contributed by atoms with Gasteiger partial charge in [0.05, 0.1) is 18.2 Å². The first-order valence-electron chi connectivity index (χ1n) is 10.5. The molecule has 1 fully saturated rings. The van der Waals surface area contributed by atoms with Gasteiger partial charge in [0.2, 0.25) is 0 Å². The van der Waals surface area contributed by atoms with E-state index in [1.807, 2.05) is 38.1 Å². The number of nitrogens with one attached hydrogen (secondary N) is 1. The first-order chi connectivity index (χ1) is 15.2. The van der Waals surface area contributed by atoms with E-state index in [-0.39, 0.29) is 11.7 Å². The number of benzene rings is 2. The van der Waals surface area contributed by atoms with E-state index in [2.05, 4.69) is 14.2 Å². The Bertz CT molecular complexity index is 1200. The Labute approximate surface area is 184 Å². The van der Waals surface area contributed by atoms with Gasteiger partial charge in [-0.15, -0.1) is 0 Å². The molecule has 0 aliphatic heterocycles. The predicted octanol–water partition coefficient (Wildman–Crippen LogP) is 6.05. The zero-order chi connectivity index (χ0) is 23.1. The molecule has 5 nitrogen and oxygen atoms in total. The lowest BCUT2D eigenvalue weighted by molar-refractivity contribution is -0.0500. The smallest absolute Gasteiger partial charge is 0.376 e. The summed E-state index contributed by atoms with van der Waals surface area (Å²) in [6, 6.07) is 10.8. The zero-order valence-corrected chi connectivity index (χ0v) is 18.4. The van der Waals surface area contributed by atoms with E-state index >= 15 is 0 Å². The normalized spacial score (nSPS) is 19.3. The summed E-state index contributed by atoms with van der Waals surface area (Å²) in [4.78, 5) is 7.05. The molecule has 32 heavy (non-hydrogen) atoms. The molecule has 0 amide bonds. The molecule has 170 valence electrons. The van der Waals surface area contributed by atoms with Crippen LogP contribution >= 0.6 is 0 Å². The molecule has 1 aromatic heterocycles. The highest BCUT2D eigenvalue weighted by molar-refractivity contribution is 7.88. The Balaban J connectivity index is 0.00000119. The fraction of sp³-hybridized carbons (Fsp3) is 0.348. The Morgan fingerprint density at radius 1 is 1.03 bits per heavy atom. The van der Waals surface area contributed by atoms with Crippen LogP contribution in [-0.4, -0.2) is 23.9 Å². The SMILES string of the molecule is CC.O=S(=O)(Oc1ccc(-c2ccc(-c3cnc[nH]3)cc2)c2c1CC1CCC21)C(F)(F)F. The molecule has 2 atom stereocenters. The van der Waals surface area contributed by atoms with Crippen molar-refractivity contribution in [3.05, 3.63) is 60.0 Å². The highest BCUT2D eigenvalue weighted by atomic mass is 32.2. The van der Waals surface area contributed by atoms with Crippen LogP contribution in [0.5, 0.6) is 5.75 Å². The monoisotopic (exact) mass is 464 g/mol. The highest BCUT2D eigenvalue weighted by Crippen LogP contribution is 2.56. The second kappa shape index (κ2) is 8.27. The number of H-pyrrole nitrogens is 1. The number of aromatic nitrogens is 2. The quantitative estimate of drug-likeness (QED) is 0.377. The second-order valence-corrected chi connectivity index (χ2v) is 9.22. The maximum Gasteiger partial charge on any atom is 0.534 e. The minimum atomic E-state index is -5.70. The third-order valence-corrected chi connectivity index (χ3v) is 7.02. The minimum Gasteiger partial charge on any atom is -0.376 e. The number of alkyl halides is 3. The van der Waals surface area contributed by atoms with Crippen LogP contribution in [0.2, 0.25) is 0 Å². The molecule has 2 aliphatic rings. The molecule has 1 saturated carbocycles. The van der Waals surface area contributed by atoms with Crippen LogP contribution in [0, 0.1) is 5.92 Å². The average molecular weight is 465 g/mol. The van der Waals surface area contributed by atoms with Crippen molar-refractivity contribution in [2.24, 2.45) is 5.92 Å². The Morgan fingerprint density at radius 2 is 1.72 bits per heavy atom. The van der Waals surface area contributed by atoms with Gasteiger partial charge in [-0.25, -0.2) is 4.98 Å². The molecule has 0 spiro atoms. The van der Waals surface area contributed by atoms with Crippen molar-refractivity contribution in [2.45, 2.75) is 44.5 Å². The highest BCUT2D eigenvalue weighted by Gasteiger charge is 2.50. The van der Waals surface area contributed by atoms with Crippen molar-refractivity contribution in [1.82, 2.24) is 9.97 Å². The molecule has 2 aliphatic carbocycles. The lowest BCUT2D eigenvalue weighted by Gasteiger charge is -2.31. The lowest BCUT2D eigenvalue weighted by atomic mass is 9.73. The Kier molecular flexibility index (Phi) is 5.79. The van der Waals surface area contributed by atoms with Gasteiger partial charge in [-0.2, -0.15) is 21.6 Å². The number of nitrogens with zero attached hydrogens (tertiary/aromatic N) is 1. The number of fused-ring (bicyclic) bond motifs is 3. The Morgan fingerprint density at radius 3 is 2.28 bits per heavy atom. The largest absolute Gasteiger partial charge is 0.534 e. The Hall–Kier alpha value is -2.81.